The summed E-state index contributed by atoms with van der Waals surface area (Å²) < 4.78 is 0. The lowest BCUT2D eigenvalue weighted by Gasteiger charge is -2.12. The number of carbonyl (C=O) groups excluding carboxylic acids is 1. The fourth-order valence-corrected chi connectivity index (χ4v) is 3.07. The minimum atomic E-state index is -0.110. The molecule has 0 heterocycles. The van der Waals surface area contributed by atoms with Gasteiger partial charge in [0.1, 0.15) is 12.6 Å². The summed E-state index contributed by atoms with van der Waals surface area (Å²) in [5.41, 5.74) is 3.71. The van der Waals surface area contributed by atoms with E-state index in [1.54, 1.807) is 0 Å². The van der Waals surface area contributed by atoms with E-state index in [0.717, 1.165) is 23.4 Å². The van der Waals surface area contributed by atoms with Gasteiger partial charge in [-0.1, -0.05) is 59.6 Å². The second-order valence-electron chi connectivity index (χ2n) is 6.42. The van der Waals surface area contributed by atoms with Crippen LogP contribution in [0.5, 0.6) is 0 Å². The summed E-state index contributed by atoms with van der Waals surface area (Å²) in [5, 5.41) is 6.25. The fraction of sp³-hybridized carbons (Fsp3) is 0.136. The number of carbonyl (C=O) groups is 1. The number of rotatable bonds is 6. The Kier molecular flexibility index (Phi) is 6.51. The van der Waals surface area contributed by atoms with Gasteiger partial charge in [0.2, 0.25) is 0 Å². The van der Waals surface area contributed by atoms with Crippen molar-refractivity contribution in [3.05, 3.63) is 99.5 Å². The largest absolute Gasteiger partial charge is 0.337 e. The number of para-hydroxylation sites is 1. The molecule has 1 amide bonds. The van der Waals surface area contributed by atoms with E-state index in [-0.39, 0.29) is 11.9 Å². The summed E-state index contributed by atoms with van der Waals surface area (Å²) in [6, 6.07) is 23.1. The van der Waals surface area contributed by atoms with Crippen LogP contribution in [0.4, 0.5) is 5.69 Å². The molecule has 1 atom stereocenters. The van der Waals surface area contributed by atoms with Crippen LogP contribution in [0.2, 0.25) is 10.0 Å². The van der Waals surface area contributed by atoms with Crippen molar-refractivity contribution in [3.63, 3.8) is 0 Å². The van der Waals surface area contributed by atoms with Gasteiger partial charge in [-0.3, -0.25) is 4.79 Å². The first-order valence-corrected chi connectivity index (χ1v) is 9.52. The Morgan fingerprint density at radius 1 is 0.963 bits per heavy atom. The Morgan fingerprint density at radius 2 is 1.67 bits per heavy atom. The first-order chi connectivity index (χ1) is 13.0. The molecular weight excluding hydrogens is 379 g/mol. The topological polar surface area (TPSA) is 45.7 Å². The maximum absolute atomic E-state index is 12.3. The molecule has 0 bridgehead atoms. The predicted octanol–water partition coefficient (Wildman–Crippen LogP) is 5.07. The first-order valence-electron chi connectivity index (χ1n) is 8.76. The number of nitrogens with one attached hydrogen (secondary N) is 1. The van der Waals surface area contributed by atoms with Gasteiger partial charge in [0.15, 0.2) is 0 Å². The Morgan fingerprint density at radius 3 is 2.33 bits per heavy atom. The third kappa shape index (κ3) is 5.33. The Labute approximate surface area is 169 Å². The zero-order chi connectivity index (χ0) is 19.2. The van der Waals surface area contributed by atoms with Crippen LogP contribution in [-0.2, 0) is 6.54 Å². The van der Waals surface area contributed by atoms with E-state index in [1.807, 2.05) is 72.8 Å². The summed E-state index contributed by atoms with van der Waals surface area (Å²) in [6.45, 7) is 2.93. The highest BCUT2D eigenvalue weighted by Gasteiger charge is 2.11. The smallest absolute Gasteiger partial charge is 0.255 e. The minimum Gasteiger partial charge on any atom is -0.337 e. The number of amides is 1. The van der Waals surface area contributed by atoms with Gasteiger partial charge in [-0.15, -0.1) is 0 Å². The highest BCUT2D eigenvalue weighted by Crippen LogP contribution is 2.24. The van der Waals surface area contributed by atoms with E-state index >= 15 is 0 Å². The average molecular weight is 400 g/mol. The van der Waals surface area contributed by atoms with Crippen molar-refractivity contribution in [1.82, 2.24) is 0 Å². The summed E-state index contributed by atoms with van der Waals surface area (Å²) in [5.74, 6) is -0.110. The van der Waals surface area contributed by atoms with Crippen molar-refractivity contribution in [3.8, 4) is 0 Å². The van der Waals surface area contributed by atoms with E-state index in [9.17, 15) is 4.79 Å². The first kappa shape index (κ1) is 19.4. The number of hydrogen-bond donors (Lipinski definition) is 2. The molecule has 3 N–H and O–H groups in total. The van der Waals surface area contributed by atoms with Crippen LogP contribution in [-0.4, -0.2) is 5.91 Å². The molecule has 0 saturated carbocycles. The molecule has 3 nitrogen and oxygen atoms in total. The number of halogens is 2. The number of anilines is 1. The predicted molar refractivity (Wildman–Crippen MR) is 111 cm³/mol. The van der Waals surface area contributed by atoms with Crippen molar-refractivity contribution in [2.75, 3.05) is 5.32 Å². The van der Waals surface area contributed by atoms with Crippen molar-refractivity contribution in [2.45, 2.75) is 19.5 Å². The summed E-state index contributed by atoms with van der Waals surface area (Å²) >= 11 is 12.1. The molecule has 3 aromatic carbocycles. The lowest BCUT2D eigenvalue weighted by atomic mass is 10.1. The molecule has 3 rings (SSSR count). The molecule has 0 radical (unpaired) electrons. The third-order valence-electron chi connectivity index (χ3n) is 4.42. The van der Waals surface area contributed by atoms with Crippen molar-refractivity contribution < 1.29 is 10.1 Å². The SMILES string of the molecule is C[C@@H]([NH2+]Cc1ccc(C(=O)Nc2ccccc2)cc1)c1ccc(Cl)c(Cl)c1. The van der Waals surface area contributed by atoms with Gasteiger partial charge in [0.05, 0.1) is 10.0 Å². The molecule has 0 fully saturated rings. The molecule has 0 aliphatic rings. The van der Waals surface area contributed by atoms with Crippen LogP contribution < -0.4 is 10.6 Å². The van der Waals surface area contributed by atoms with E-state index in [4.69, 9.17) is 23.2 Å². The molecule has 0 unspecified atom stereocenters. The van der Waals surface area contributed by atoms with E-state index in [2.05, 4.69) is 17.6 Å². The van der Waals surface area contributed by atoms with Crippen LogP contribution in [0.25, 0.3) is 0 Å². The lowest BCUT2D eigenvalue weighted by molar-refractivity contribution is -0.707. The van der Waals surface area contributed by atoms with Crippen molar-refractivity contribution in [1.29, 1.82) is 0 Å². The number of benzene rings is 3. The van der Waals surface area contributed by atoms with E-state index in [0.29, 0.717) is 15.6 Å². The summed E-state index contributed by atoms with van der Waals surface area (Å²) in [4.78, 5) is 12.3. The maximum atomic E-state index is 12.3. The molecule has 138 valence electrons. The Hall–Kier alpha value is -2.33. The lowest BCUT2D eigenvalue weighted by Crippen LogP contribution is -2.83. The third-order valence-corrected chi connectivity index (χ3v) is 5.16. The fourth-order valence-electron chi connectivity index (χ4n) is 2.76. The van der Waals surface area contributed by atoms with Crippen LogP contribution in [0.1, 0.15) is 34.5 Å². The van der Waals surface area contributed by atoms with E-state index < -0.39 is 0 Å². The molecule has 27 heavy (non-hydrogen) atoms. The highest BCUT2D eigenvalue weighted by atomic mass is 35.5. The van der Waals surface area contributed by atoms with Crippen LogP contribution in [0.3, 0.4) is 0 Å². The van der Waals surface area contributed by atoms with Gasteiger partial charge >= 0.3 is 0 Å². The number of nitrogens with two attached hydrogens (primary N) is 1. The van der Waals surface area contributed by atoms with Crippen LogP contribution >= 0.6 is 23.2 Å². The number of quaternary nitrogens is 1. The quantitative estimate of drug-likeness (QED) is 0.596. The summed E-state index contributed by atoms with van der Waals surface area (Å²) in [6.07, 6.45) is 0. The van der Waals surface area contributed by atoms with Gasteiger partial charge in [-0.05, 0) is 43.3 Å². The molecule has 0 saturated heterocycles. The monoisotopic (exact) mass is 399 g/mol. The second kappa shape index (κ2) is 9.05. The molecule has 0 aliphatic carbocycles. The molecule has 0 aromatic heterocycles. The standard InChI is InChI=1S/C22H20Cl2N2O/c1-15(18-11-12-20(23)21(24)13-18)25-14-16-7-9-17(10-8-16)22(27)26-19-5-3-2-4-6-19/h2-13,15,25H,14H2,1H3,(H,26,27)/p+1/t15-/m1/s1. The highest BCUT2D eigenvalue weighted by molar-refractivity contribution is 6.42. The average Bonchev–Trinajstić information content (AvgIpc) is 2.69. The summed E-state index contributed by atoms with van der Waals surface area (Å²) in [7, 11) is 0. The van der Waals surface area contributed by atoms with E-state index in [1.165, 1.54) is 0 Å². The van der Waals surface area contributed by atoms with Gasteiger partial charge in [0.25, 0.3) is 5.91 Å². The van der Waals surface area contributed by atoms with Gasteiger partial charge < -0.3 is 10.6 Å². The number of hydrogen-bond acceptors (Lipinski definition) is 1. The second-order valence-corrected chi connectivity index (χ2v) is 7.23. The van der Waals surface area contributed by atoms with Gasteiger partial charge in [-0.2, -0.15) is 0 Å². The molecular formula is C22H21Cl2N2O+. The molecule has 3 aromatic rings. The Balaban J connectivity index is 1.57. The van der Waals surface area contributed by atoms with Gasteiger partial charge in [-0.25, -0.2) is 0 Å². The zero-order valence-corrected chi connectivity index (χ0v) is 16.5. The van der Waals surface area contributed by atoms with Crippen LogP contribution in [0, 0.1) is 0 Å². The molecule has 0 spiro atoms. The van der Waals surface area contributed by atoms with Crippen LogP contribution in [0.15, 0.2) is 72.8 Å². The maximum Gasteiger partial charge on any atom is 0.255 e. The van der Waals surface area contributed by atoms with Crippen molar-refractivity contribution >= 4 is 34.8 Å². The molecule has 5 heteroatoms. The van der Waals surface area contributed by atoms with Crippen molar-refractivity contribution in [2.24, 2.45) is 0 Å². The van der Waals surface area contributed by atoms with Gasteiger partial charge in [0, 0.05) is 22.4 Å². The minimum absolute atomic E-state index is 0.110. The zero-order valence-electron chi connectivity index (χ0n) is 15.0. The molecule has 0 aliphatic heterocycles. The normalized spacial score (nSPS) is 11.8. The Bertz CT molecular complexity index is 911.